The molecule has 1 atom stereocenters. The Morgan fingerprint density at radius 3 is 2.67 bits per heavy atom. The van der Waals surface area contributed by atoms with Crippen LogP contribution in [0.15, 0.2) is 70.5 Å². The Kier molecular flexibility index (Phi) is 4.57. The van der Waals surface area contributed by atoms with Gasteiger partial charge in [-0.3, -0.25) is 9.52 Å². The maximum Gasteiger partial charge on any atom is 0.261 e. The zero-order chi connectivity index (χ0) is 19.0. The average Bonchev–Trinajstić information content (AvgIpc) is 2.67. The van der Waals surface area contributed by atoms with Crippen molar-refractivity contribution in [3.63, 3.8) is 0 Å². The van der Waals surface area contributed by atoms with E-state index in [-0.39, 0.29) is 16.1 Å². The summed E-state index contributed by atoms with van der Waals surface area (Å²) in [6.45, 7) is 1.95. The van der Waals surface area contributed by atoms with E-state index in [1.807, 2.05) is 43.3 Å². The Balaban J connectivity index is 1.69. The van der Waals surface area contributed by atoms with Crippen LogP contribution in [0.5, 0.6) is 0 Å². The van der Waals surface area contributed by atoms with E-state index in [4.69, 9.17) is 0 Å². The lowest BCUT2D eigenvalue weighted by Crippen LogP contribution is -2.28. The summed E-state index contributed by atoms with van der Waals surface area (Å²) < 4.78 is 28.5. The highest BCUT2D eigenvalue weighted by Gasteiger charge is 2.27. The Hall–Kier alpha value is -2.51. The third-order valence-corrected chi connectivity index (χ3v) is 7.29. The Bertz CT molecular complexity index is 1140. The number of benzene rings is 3. The minimum Gasteiger partial charge on any atom is -0.324 e. The lowest BCUT2D eigenvalue weighted by atomic mass is 10.1. The zero-order valence-corrected chi connectivity index (χ0v) is 16.2. The third kappa shape index (κ3) is 3.40. The molecule has 3 aromatic rings. The van der Waals surface area contributed by atoms with Crippen LogP contribution in [0.1, 0.15) is 13.3 Å². The maximum absolute atomic E-state index is 12.9. The van der Waals surface area contributed by atoms with Crippen LogP contribution in [0, 0.1) is 0 Å². The Morgan fingerprint density at radius 1 is 1.07 bits per heavy atom. The summed E-state index contributed by atoms with van der Waals surface area (Å²) in [6, 6.07) is 17.9. The quantitative estimate of drug-likeness (QED) is 0.680. The van der Waals surface area contributed by atoms with Gasteiger partial charge >= 0.3 is 0 Å². The van der Waals surface area contributed by atoms with Gasteiger partial charge in [-0.05, 0) is 36.1 Å². The number of rotatable bonds is 4. The van der Waals surface area contributed by atoms with E-state index in [0.29, 0.717) is 11.4 Å². The van der Waals surface area contributed by atoms with Crippen molar-refractivity contribution < 1.29 is 13.2 Å². The highest BCUT2D eigenvalue weighted by Crippen LogP contribution is 2.38. The van der Waals surface area contributed by atoms with Crippen molar-refractivity contribution in [3.05, 3.63) is 60.7 Å². The fourth-order valence-electron chi connectivity index (χ4n) is 3.08. The van der Waals surface area contributed by atoms with E-state index in [2.05, 4.69) is 10.0 Å². The molecule has 1 aliphatic rings. The van der Waals surface area contributed by atoms with Crippen molar-refractivity contribution in [1.29, 1.82) is 0 Å². The molecule has 1 heterocycles. The molecule has 138 valence electrons. The van der Waals surface area contributed by atoms with Crippen LogP contribution in [-0.4, -0.2) is 19.6 Å². The lowest BCUT2D eigenvalue weighted by Gasteiger charge is -2.23. The van der Waals surface area contributed by atoms with Crippen molar-refractivity contribution in [2.75, 3.05) is 10.0 Å². The second-order valence-corrected chi connectivity index (χ2v) is 9.22. The highest BCUT2D eigenvalue weighted by molar-refractivity contribution is 8.01. The summed E-state index contributed by atoms with van der Waals surface area (Å²) >= 11 is 1.46. The van der Waals surface area contributed by atoms with E-state index in [1.54, 1.807) is 18.2 Å². The number of fused-ring (bicyclic) bond motifs is 2. The summed E-state index contributed by atoms with van der Waals surface area (Å²) in [6.07, 6.45) is 0.721. The maximum atomic E-state index is 12.9. The minimum atomic E-state index is -3.79. The standard InChI is InChI=1S/C20H18N2O3S2/c1-2-18-20(23)21-17-12-14(10-11-19(17)26-18)27(24,25)22-16-9-5-7-13-6-3-4-8-15(13)16/h3-12,18,22H,2H2,1H3,(H,21,23). The number of amides is 1. The molecule has 27 heavy (non-hydrogen) atoms. The predicted octanol–water partition coefficient (Wildman–Crippen LogP) is 4.46. The van der Waals surface area contributed by atoms with Crippen LogP contribution >= 0.6 is 11.8 Å². The third-order valence-electron chi connectivity index (χ3n) is 4.49. The number of carbonyl (C=O) groups is 1. The molecule has 0 spiro atoms. The van der Waals surface area contributed by atoms with Crippen molar-refractivity contribution in [1.82, 2.24) is 0 Å². The highest BCUT2D eigenvalue weighted by atomic mass is 32.2. The van der Waals surface area contributed by atoms with Gasteiger partial charge in [0.25, 0.3) is 10.0 Å². The molecular formula is C20H18N2O3S2. The lowest BCUT2D eigenvalue weighted by molar-refractivity contribution is -0.115. The van der Waals surface area contributed by atoms with Crippen molar-refractivity contribution in [2.24, 2.45) is 0 Å². The summed E-state index contributed by atoms with van der Waals surface area (Å²) in [7, 11) is -3.79. The number of carbonyl (C=O) groups excluding carboxylic acids is 1. The molecule has 1 amide bonds. The molecule has 7 heteroatoms. The molecule has 3 aromatic carbocycles. The van der Waals surface area contributed by atoms with Gasteiger partial charge < -0.3 is 5.32 Å². The van der Waals surface area contributed by atoms with Crippen molar-refractivity contribution in [3.8, 4) is 0 Å². The molecule has 0 aliphatic carbocycles. The number of anilines is 2. The van der Waals surface area contributed by atoms with Crippen LogP contribution < -0.4 is 10.0 Å². The number of nitrogens with one attached hydrogen (secondary N) is 2. The molecule has 2 N–H and O–H groups in total. The van der Waals surface area contributed by atoms with E-state index in [1.165, 1.54) is 17.8 Å². The van der Waals surface area contributed by atoms with Gasteiger partial charge in [0.1, 0.15) is 0 Å². The largest absolute Gasteiger partial charge is 0.324 e. The Morgan fingerprint density at radius 2 is 1.85 bits per heavy atom. The molecule has 4 rings (SSSR count). The second kappa shape index (κ2) is 6.90. The topological polar surface area (TPSA) is 75.3 Å². The van der Waals surface area contributed by atoms with E-state index in [0.717, 1.165) is 22.1 Å². The first-order valence-electron chi connectivity index (χ1n) is 8.60. The first-order chi connectivity index (χ1) is 13.0. The molecule has 0 fully saturated rings. The normalized spacial score (nSPS) is 16.6. The van der Waals surface area contributed by atoms with Crippen LogP contribution in [0.25, 0.3) is 10.8 Å². The fraction of sp³-hybridized carbons (Fsp3) is 0.150. The number of hydrogen-bond donors (Lipinski definition) is 2. The minimum absolute atomic E-state index is 0.0911. The summed E-state index contributed by atoms with van der Waals surface area (Å²) in [4.78, 5) is 13.1. The molecule has 5 nitrogen and oxygen atoms in total. The monoisotopic (exact) mass is 398 g/mol. The number of thioether (sulfide) groups is 1. The Labute approximate surface area is 162 Å². The molecule has 0 saturated heterocycles. The molecule has 1 aliphatic heterocycles. The fourth-order valence-corrected chi connectivity index (χ4v) is 5.21. The van der Waals surface area contributed by atoms with E-state index >= 15 is 0 Å². The second-order valence-electron chi connectivity index (χ2n) is 6.29. The van der Waals surface area contributed by atoms with Gasteiger partial charge in [0.05, 0.1) is 21.5 Å². The molecule has 0 bridgehead atoms. The molecule has 0 saturated carbocycles. The average molecular weight is 399 g/mol. The predicted molar refractivity (Wildman–Crippen MR) is 110 cm³/mol. The van der Waals surface area contributed by atoms with E-state index < -0.39 is 10.0 Å². The molecule has 0 radical (unpaired) electrons. The van der Waals surface area contributed by atoms with Gasteiger partial charge in [0.2, 0.25) is 5.91 Å². The molecule has 1 unspecified atom stereocenters. The first kappa shape index (κ1) is 17.9. The molecule has 0 aromatic heterocycles. The molecular weight excluding hydrogens is 380 g/mol. The summed E-state index contributed by atoms with van der Waals surface area (Å²) in [5.41, 5.74) is 1.06. The van der Waals surface area contributed by atoms with Gasteiger partial charge in [-0.1, -0.05) is 43.3 Å². The number of hydrogen-bond acceptors (Lipinski definition) is 4. The zero-order valence-electron chi connectivity index (χ0n) is 14.6. The van der Waals surface area contributed by atoms with Crippen molar-refractivity contribution >= 4 is 49.8 Å². The summed E-state index contributed by atoms with van der Waals surface area (Å²) in [5.74, 6) is -0.0911. The van der Waals surface area contributed by atoms with Gasteiger partial charge in [0, 0.05) is 10.3 Å². The van der Waals surface area contributed by atoms with Gasteiger partial charge in [-0.25, -0.2) is 8.42 Å². The van der Waals surface area contributed by atoms with Crippen LogP contribution in [-0.2, 0) is 14.8 Å². The van der Waals surface area contributed by atoms with E-state index in [9.17, 15) is 13.2 Å². The summed E-state index contributed by atoms with van der Waals surface area (Å²) in [5, 5.41) is 4.46. The smallest absolute Gasteiger partial charge is 0.261 e. The van der Waals surface area contributed by atoms with Gasteiger partial charge in [0.15, 0.2) is 0 Å². The number of sulfonamides is 1. The first-order valence-corrected chi connectivity index (χ1v) is 11.0. The van der Waals surface area contributed by atoms with Crippen molar-refractivity contribution in [2.45, 2.75) is 28.4 Å². The van der Waals surface area contributed by atoms with Crippen LogP contribution in [0.4, 0.5) is 11.4 Å². The van der Waals surface area contributed by atoms with Crippen LogP contribution in [0.3, 0.4) is 0 Å². The SMILES string of the molecule is CCC1Sc2ccc(S(=O)(=O)Nc3cccc4ccccc34)cc2NC1=O. The van der Waals surface area contributed by atoms with Gasteiger partial charge in [-0.2, -0.15) is 0 Å². The van der Waals surface area contributed by atoms with Crippen LogP contribution in [0.2, 0.25) is 0 Å². The van der Waals surface area contributed by atoms with Gasteiger partial charge in [-0.15, -0.1) is 11.8 Å².